The molecule has 0 saturated carbocycles. The second-order valence-electron chi connectivity index (χ2n) is 3.94. The summed E-state index contributed by atoms with van der Waals surface area (Å²) in [4.78, 5) is 18.3. The zero-order chi connectivity index (χ0) is 13.4. The van der Waals surface area contributed by atoms with Crippen LogP contribution in [-0.2, 0) is 4.79 Å². The second kappa shape index (κ2) is 7.44. The van der Waals surface area contributed by atoms with Crippen LogP contribution >= 0.6 is 0 Å². The van der Waals surface area contributed by atoms with Gasteiger partial charge in [-0.15, -0.1) is 0 Å². The van der Waals surface area contributed by atoms with Crippen LogP contribution in [0.1, 0.15) is 19.8 Å². The first-order valence-corrected chi connectivity index (χ1v) is 5.77. The highest BCUT2D eigenvalue weighted by molar-refractivity contribution is 5.66. The van der Waals surface area contributed by atoms with Crippen LogP contribution in [0.5, 0.6) is 0 Å². The topological polar surface area (TPSA) is 107 Å². The van der Waals surface area contributed by atoms with Crippen molar-refractivity contribution in [2.45, 2.75) is 25.9 Å². The van der Waals surface area contributed by atoms with Crippen LogP contribution < -0.4 is 10.6 Å². The second-order valence-corrected chi connectivity index (χ2v) is 3.94. The third-order valence-corrected chi connectivity index (χ3v) is 2.12. The minimum atomic E-state index is -0.807. The Kier molecular flexibility index (Phi) is 5.86. The molecule has 100 valence electrons. The molecule has 0 saturated heterocycles. The molecule has 0 aromatic carbocycles. The molecule has 18 heavy (non-hydrogen) atoms. The fourth-order valence-corrected chi connectivity index (χ4v) is 1.26. The zero-order valence-electron chi connectivity index (χ0n) is 10.3. The van der Waals surface area contributed by atoms with Crippen molar-refractivity contribution in [2.24, 2.45) is 0 Å². The van der Waals surface area contributed by atoms with Gasteiger partial charge < -0.3 is 20.8 Å². The first kappa shape index (κ1) is 14.2. The monoisotopic (exact) mass is 254 g/mol. The minimum absolute atomic E-state index is 0.130. The lowest BCUT2D eigenvalue weighted by Crippen LogP contribution is -2.16. The molecule has 7 heteroatoms. The molecule has 1 aromatic rings. The maximum absolute atomic E-state index is 10.3. The normalized spacial score (nSPS) is 11.9. The minimum Gasteiger partial charge on any atom is -0.481 e. The number of carboxylic acid groups (broad SMARTS) is 1. The number of rotatable bonds is 8. The molecule has 0 spiro atoms. The van der Waals surface area contributed by atoms with Gasteiger partial charge in [-0.25, -0.2) is 9.97 Å². The van der Waals surface area contributed by atoms with E-state index < -0.39 is 12.1 Å². The Morgan fingerprint density at radius 1 is 1.39 bits per heavy atom. The largest absolute Gasteiger partial charge is 0.481 e. The van der Waals surface area contributed by atoms with Gasteiger partial charge in [0.25, 0.3) is 0 Å². The van der Waals surface area contributed by atoms with Crippen molar-refractivity contribution in [3.05, 3.63) is 12.4 Å². The van der Waals surface area contributed by atoms with Crippen molar-refractivity contribution in [3.8, 4) is 0 Å². The Labute approximate surface area is 105 Å². The number of aliphatic carboxylic acids is 1. The fourth-order valence-electron chi connectivity index (χ4n) is 1.26. The smallest absolute Gasteiger partial charge is 0.303 e. The zero-order valence-corrected chi connectivity index (χ0v) is 10.3. The summed E-state index contributed by atoms with van der Waals surface area (Å²) in [5.74, 6) is 0.439. The lowest BCUT2D eigenvalue weighted by atomic mass is 10.3. The number of carbonyl (C=O) groups is 1. The fraction of sp³-hybridized carbons (Fsp3) is 0.545. The molecule has 7 nitrogen and oxygen atoms in total. The molecule has 0 aliphatic heterocycles. The number of nitrogens with zero attached hydrogens (tertiary/aromatic N) is 2. The van der Waals surface area contributed by atoms with Crippen LogP contribution in [-0.4, -0.2) is 45.3 Å². The van der Waals surface area contributed by atoms with Crippen molar-refractivity contribution in [2.75, 3.05) is 23.7 Å². The van der Waals surface area contributed by atoms with E-state index in [0.29, 0.717) is 31.1 Å². The van der Waals surface area contributed by atoms with Gasteiger partial charge in [-0.05, 0) is 13.3 Å². The van der Waals surface area contributed by atoms with E-state index in [1.54, 1.807) is 13.0 Å². The quantitative estimate of drug-likeness (QED) is 0.502. The lowest BCUT2D eigenvalue weighted by Gasteiger charge is -2.09. The lowest BCUT2D eigenvalue weighted by molar-refractivity contribution is -0.137. The molecule has 1 atom stereocenters. The number of carboxylic acids is 1. The maximum atomic E-state index is 10.3. The van der Waals surface area contributed by atoms with Crippen molar-refractivity contribution in [1.82, 2.24) is 9.97 Å². The molecule has 0 bridgehead atoms. The summed E-state index contributed by atoms with van der Waals surface area (Å²) in [5, 5.41) is 23.6. The summed E-state index contributed by atoms with van der Waals surface area (Å²) in [7, 11) is 0. The molecule has 1 aromatic heterocycles. The molecular weight excluding hydrogens is 236 g/mol. The molecule has 0 fully saturated rings. The molecule has 0 amide bonds. The molecule has 1 unspecified atom stereocenters. The highest BCUT2D eigenvalue weighted by atomic mass is 16.4. The molecule has 0 aliphatic carbocycles. The molecular formula is C11H18N4O3. The van der Waals surface area contributed by atoms with E-state index in [0.717, 1.165) is 0 Å². The summed E-state index contributed by atoms with van der Waals surface area (Å²) in [6, 6.07) is 1.71. The van der Waals surface area contributed by atoms with E-state index >= 15 is 0 Å². The molecule has 0 radical (unpaired) electrons. The van der Waals surface area contributed by atoms with Gasteiger partial charge in [0.05, 0.1) is 6.10 Å². The summed E-state index contributed by atoms with van der Waals surface area (Å²) in [5.41, 5.74) is 0. The van der Waals surface area contributed by atoms with Gasteiger partial charge in [-0.3, -0.25) is 4.79 Å². The van der Waals surface area contributed by atoms with Gasteiger partial charge in [0, 0.05) is 25.6 Å². The summed E-state index contributed by atoms with van der Waals surface area (Å²) in [6.45, 7) is 2.63. The van der Waals surface area contributed by atoms with E-state index in [9.17, 15) is 4.79 Å². The first-order chi connectivity index (χ1) is 8.58. The number of anilines is 2. The standard InChI is InChI=1S/C11H18N4O3/c1-8(16)6-13-10-5-9(14-7-15-10)12-4-2-3-11(17)18/h5,7-8,16H,2-4,6H2,1H3,(H,17,18)(H2,12,13,14,15). The summed E-state index contributed by atoms with van der Waals surface area (Å²) in [6.07, 6.45) is 1.62. The third-order valence-electron chi connectivity index (χ3n) is 2.12. The van der Waals surface area contributed by atoms with E-state index in [2.05, 4.69) is 20.6 Å². The predicted molar refractivity (Wildman–Crippen MR) is 67.6 cm³/mol. The number of aromatic nitrogens is 2. The Bertz CT molecular complexity index is 384. The molecule has 1 heterocycles. The van der Waals surface area contributed by atoms with E-state index in [-0.39, 0.29) is 6.42 Å². The van der Waals surface area contributed by atoms with Crippen LogP contribution in [0, 0.1) is 0 Å². The number of aliphatic hydroxyl groups is 1. The van der Waals surface area contributed by atoms with Gasteiger partial charge in [0.2, 0.25) is 0 Å². The SMILES string of the molecule is CC(O)CNc1cc(NCCCC(=O)O)ncn1. The summed E-state index contributed by atoms with van der Waals surface area (Å²) < 4.78 is 0. The van der Waals surface area contributed by atoms with Gasteiger partial charge >= 0.3 is 5.97 Å². The van der Waals surface area contributed by atoms with Gasteiger partial charge in [0.15, 0.2) is 0 Å². The number of aliphatic hydroxyl groups excluding tert-OH is 1. The Morgan fingerprint density at radius 3 is 2.67 bits per heavy atom. The van der Waals surface area contributed by atoms with Crippen LogP contribution in [0.3, 0.4) is 0 Å². The molecule has 1 rings (SSSR count). The average Bonchev–Trinajstić information content (AvgIpc) is 2.32. The Morgan fingerprint density at radius 2 is 2.06 bits per heavy atom. The van der Waals surface area contributed by atoms with Crippen LogP contribution in [0.15, 0.2) is 12.4 Å². The van der Waals surface area contributed by atoms with Gasteiger partial charge in [-0.2, -0.15) is 0 Å². The van der Waals surface area contributed by atoms with Crippen LogP contribution in [0.4, 0.5) is 11.6 Å². The van der Waals surface area contributed by atoms with Gasteiger partial charge in [0.1, 0.15) is 18.0 Å². The molecule has 0 aliphatic rings. The van der Waals surface area contributed by atoms with Gasteiger partial charge in [-0.1, -0.05) is 0 Å². The predicted octanol–water partition coefficient (Wildman–Crippen LogP) is 0.546. The van der Waals surface area contributed by atoms with Crippen molar-refractivity contribution >= 4 is 17.6 Å². The highest BCUT2D eigenvalue weighted by Crippen LogP contribution is 2.08. The van der Waals surface area contributed by atoms with Crippen molar-refractivity contribution in [1.29, 1.82) is 0 Å². The Balaban J connectivity index is 2.37. The third kappa shape index (κ3) is 6.00. The van der Waals surface area contributed by atoms with Crippen molar-refractivity contribution in [3.63, 3.8) is 0 Å². The first-order valence-electron chi connectivity index (χ1n) is 5.77. The number of nitrogens with one attached hydrogen (secondary N) is 2. The van der Waals surface area contributed by atoms with Crippen molar-refractivity contribution < 1.29 is 15.0 Å². The highest BCUT2D eigenvalue weighted by Gasteiger charge is 2.01. The van der Waals surface area contributed by atoms with Crippen LogP contribution in [0.2, 0.25) is 0 Å². The number of hydrogen-bond donors (Lipinski definition) is 4. The molecule has 4 N–H and O–H groups in total. The van der Waals surface area contributed by atoms with E-state index in [1.807, 2.05) is 0 Å². The van der Waals surface area contributed by atoms with E-state index in [1.165, 1.54) is 6.33 Å². The maximum Gasteiger partial charge on any atom is 0.303 e. The Hall–Kier alpha value is -1.89. The van der Waals surface area contributed by atoms with Crippen LogP contribution in [0.25, 0.3) is 0 Å². The average molecular weight is 254 g/mol. The van der Waals surface area contributed by atoms with E-state index in [4.69, 9.17) is 10.2 Å². The number of hydrogen-bond acceptors (Lipinski definition) is 6. The summed E-state index contributed by atoms with van der Waals surface area (Å²) >= 11 is 0.